The van der Waals surface area contributed by atoms with E-state index in [0.29, 0.717) is 5.56 Å². The lowest BCUT2D eigenvalue weighted by Gasteiger charge is -2.22. The fourth-order valence-electron chi connectivity index (χ4n) is 1.92. The Hall–Kier alpha value is -2.30. The number of carbonyl (C=O) groups is 2. The maximum absolute atomic E-state index is 12.2. The molecule has 2 rings (SSSR count). The molecule has 1 aromatic carbocycles. The van der Waals surface area contributed by atoms with E-state index in [1.165, 1.54) is 0 Å². The molecule has 5 nitrogen and oxygen atoms in total. The molecule has 0 saturated heterocycles. The molecule has 0 bridgehead atoms. The molecule has 5 heteroatoms. The number of ether oxygens (including phenoxy) is 1. The Labute approximate surface area is 123 Å². The summed E-state index contributed by atoms with van der Waals surface area (Å²) < 4.78 is 5.24. The van der Waals surface area contributed by atoms with Gasteiger partial charge in [-0.25, -0.2) is 4.79 Å². The van der Waals surface area contributed by atoms with Gasteiger partial charge in [0.05, 0.1) is 0 Å². The predicted octanol–water partition coefficient (Wildman–Crippen LogP) is 2.63. The fraction of sp³-hybridized carbons (Fsp3) is 0.375. The van der Waals surface area contributed by atoms with E-state index in [4.69, 9.17) is 4.74 Å². The molecular weight excluding hydrogens is 268 g/mol. The van der Waals surface area contributed by atoms with E-state index in [9.17, 15) is 9.59 Å². The van der Waals surface area contributed by atoms with Crippen molar-refractivity contribution in [3.05, 3.63) is 36.0 Å². The first-order chi connectivity index (χ1) is 9.76. The Kier molecular flexibility index (Phi) is 4.02. The molecule has 0 saturated carbocycles. The van der Waals surface area contributed by atoms with Crippen LogP contribution in [0.4, 0.5) is 0 Å². The molecule has 0 unspecified atom stereocenters. The Bertz CT molecular complexity index is 667. The van der Waals surface area contributed by atoms with Crippen molar-refractivity contribution in [3.8, 4) is 0 Å². The van der Waals surface area contributed by atoms with Gasteiger partial charge in [-0.2, -0.15) is 0 Å². The van der Waals surface area contributed by atoms with Crippen LogP contribution in [-0.4, -0.2) is 28.5 Å². The van der Waals surface area contributed by atoms with Gasteiger partial charge in [-0.1, -0.05) is 0 Å². The van der Waals surface area contributed by atoms with E-state index < -0.39 is 17.6 Å². The minimum atomic E-state index is -0.696. The van der Waals surface area contributed by atoms with Crippen LogP contribution in [0.15, 0.2) is 30.5 Å². The van der Waals surface area contributed by atoms with Gasteiger partial charge < -0.3 is 15.0 Å². The zero-order valence-electron chi connectivity index (χ0n) is 12.7. The van der Waals surface area contributed by atoms with Crippen molar-refractivity contribution in [3.63, 3.8) is 0 Å². The van der Waals surface area contributed by atoms with Crippen molar-refractivity contribution in [2.75, 3.05) is 0 Å². The molecule has 1 amide bonds. The summed E-state index contributed by atoms with van der Waals surface area (Å²) in [7, 11) is 0. The van der Waals surface area contributed by atoms with Gasteiger partial charge in [0, 0.05) is 22.7 Å². The van der Waals surface area contributed by atoms with Gasteiger partial charge in [-0.05, 0) is 52.0 Å². The lowest BCUT2D eigenvalue weighted by molar-refractivity contribution is -0.156. The monoisotopic (exact) mass is 288 g/mol. The van der Waals surface area contributed by atoms with Gasteiger partial charge in [-0.15, -0.1) is 0 Å². The Morgan fingerprint density at radius 3 is 2.62 bits per heavy atom. The van der Waals surface area contributed by atoms with Crippen molar-refractivity contribution < 1.29 is 14.3 Å². The summed E-state index contributed by atoms with van der Waals surface area (Å²) in [6.45, 7) is 6.98. The van der Waals surface area contributed by atoms with Crippen molar-refractivity contribution in [2.45, 2.75) is 39.3 Å². The molecule has 1 aromatic heterocycles. The average molecular weight is 288 g/mol. The first kappa shape index (κ1) is 15.1. The maximum atomic E-state index is 12.2. The molecule has 0 aliphatic carbocycles. The highest BCUT2D eigenvalue weighted by Crippen LogP contribution is 2.14. The number of H-pyrrole nitrogens is 1. The first-order valence-electron chi connectivity index (χ1n) is 6.87. The smallest absolute Gasteiger partial charge is 0.328 e. The predicted molar refractivity (Wildman–Crippen MR) is 81.1 cm³/mol. The third-order valence-electron chi connectivity index (χ3n) is 2.92. The number of nitrogens with one attached hydrogen (secondary N) is 2. The van der Waals surface area contributed by atoms with Crippen molar-refractivity contribution in [1.29, 1.82) is 0 Å². The lowest BCUT2D eigenvalue weighted by atomic mass is 10.1. The van der Waals surface area contributed by atoms with Crippen LogP contribution in [0.3, 0.4) is 0 Å². The Morgan fingerprint density at radius 1 is 1.24 bits per heavy atom. The van der Waals surface area contributed by atoms with Gasteiger partial charge in [-0.3, -0.25) is 4.79 Å². The van der Waals surface area contributed by atoms with E-state index in [1.54, 1.807) is 39.8 Å². The largest absolute Gasteiger partial charge is 0.458 e. The number of benzene rings is 1. The minimum Gasteiger partial charge on any atom is -0.458 e. The van der Waals surface area contributed by atoms with Crippen LogP contribution in [0, 0.1) is 0 Å². The van der Waals surface area contributed by atoms with Crippen LogP contribution in [-0.2, 0) is 9.53 Å². The number of aromatic amines is 1. The van der Waals surface area contributed by atoms with Crippen LogP contribution >= 0.6 is 0 Å². The summed E-state index contributed by atoms with van der Waals surface area (Å²) >= 11 is 0. The van der Waals surface area contributed by atoms with E-state index in [-0.39, 0.29) is 5.91 Å². The van der Waals surface area contributed by atoms with Crippen LogP contribution in [0.2, 0.25) is 0 Å². The zero-order valence-corrected chi connectivity index (χ0v) is 12.7. The SMILES string of the molecule is C[C@H](NC(=O)c1ccc2[nH]ccc2c1)C(=O)OC(C)(C)C. The zero-order chi connectivity index (χ0) is 15.6. The first-order valence-corrected chi connectivity index (χ1v) is 6.87. The van der Waals surface area contributed by atoms with Gasteiger partial charge in [0.1, 0.15) is 11.6 Å². The molecule has 0 aliphatic rings. The molecule has 21 heavy (non-hydrogen) atoms. The summed E-state index contributed by atoms with van der Waals surface area (Å²) in [6.07, 6.45) is 1.82. The number of carbonyl (C=O) groups excluding carboxylic acids is 2. The summed E-state index contributed by atoms with van der Waals surface area (Å²) in [5.41, 5.74) is 0.907. The topological polar surface area (TPSA) is 71.2 Å². The maximum Gasteiger partial charge on any atom is 0.328 e. The highest BCUT2D eigenvalue weighted by Gasteiger charge is 2.23. The van der Waals surface area contributed by atoms with Crippen LogP contribution in [0.25, 0.3) is 10.9 Å². The molecule has 0 radical (unpaired) electrons. The van der Waals surface area contributed by atoms with E-state index in [1.807, 2.05) is 18.3 Å². The van der Waals surface area contributed by atoms with Gasteiger partial charge in [0.25, 0.3) is 5.91 Å². The quantitative estimate of drug-likeness (QED) is 0.853. The van der Waals surface area contributed by atoms with Gasteiger partial charge in [0.15, 0.2) is 0 Å². The highest BCUT2D eigenvalue weighted by atomic mass is 16.6. The number of hydrogen-bond acceptors (Lipinski definition) is 3. The second kappa shape index (κ2) is 5.60. The number of rotatable bonds is 3. The summed E-state index contributed by atoms with van der Waals surface area (Å²) in [5, 5.41) is 3.60. The third kappa shape index (κ3) is 3.84. The molecule has 0 spiro atoms. The van der Waals surface area contributed by atoms with Crippen molar-refractivity contribution in [2.24, 2.45) is 0 Å². The van der Waals surface area contributed by atoms with E-state index in [2.05, 4.69) is 10.3 Å². The lowest BCUT2D eigenvalue weighted by Crippen LogP contribution is -2.42. The molecule has 112 valence electrons. The van der Waals surface area contributed by atoms with Gasteiger partial charge >= 0.3 is 5.97 Å². The van der Waals surface area contributed by atoms with Gasteiger partial charge in [0.2, 0.25) is 0 Å². The van der Waals surface area contributed by atoms with Crippen molar-refractivity contribution in [1.82, 2.24) is 10.3 Å². The normalized spacial score (nSPS) is 13.0. The molecule has 1 atom stereocenters. The molecular formula is C16H20N2O3. The Balaban J connectivity index is 2.04. The highest BCUT2D eigenvalue weighted by molar-refractivity contribution is 5.99. The standard InChI is InChI=1S/C16H20N2O3/c1-10(15(20)21-16(2,3)4)18-14(19)12-5-6-13-11(9-12)7-8-17-13/h5-10,17H,1-4H3,(H,18,19)/t10-/m0/s1. The summed E-state index contributed by atoms with van der Waals surface area (Å²) in [4.78, 5) is 27.1. The van der Waals surface area contributed by atoms with Crippen LogP contribution < -0.4 is 5.32 Å². The van der Waals surface area contributed by atoms with E-state index >= 15 is 0 Å². The molecule has 1 heterocycles. The number of amides is 1. The number of esters is 1. The van der Waals surface area contributed by atoms with E-state index in [0.717, 1.165) is 10.9 Å². The second-order valence-corrected chi connectivity index (χ2v) is 6.01. The van der Waals surface area contributed by atoms with Crippen LogP contribution in [0.1, 0.15) is 38.1 Å². The third-order valence-corrected chi connectivity index (χ3v) is 2.92. The summed E-state index contributed by atoms with van der Waals surface area (Å²) in [5.74, 6) is -0.741. The number of fused-ring (bicyclic) bond motifs is 1. The molecule has 2 aromatic rings. The minimum absolute atomic E-state index is 0.295. The summed E-state index contributed by atoms with van der Waals surface area (Å²) in [6, 6.07) is 6.53. The molecule has 0 fully saturated rings. The van der Waals surface area contributed by atoms with Crippen molar-refractivity contribution >= 4 is 22.8 Å². The number of aromatic nitrogens is 1. The number of hydrogen-bond donors (Lipinski definition) is 2. The fourth-order valence-corrected chi connectivity index (χ4v) is 1.92. The Morgan fingerprint density at radius 2 is 1.95 bits per heavy atom. The molecule has 0 aliphatic heterocycles. The average Bonchev–Trinajstić information content (AvgIpc) is 2.83. The molecule has 2 N–H and O–H groups in total. The second-order valence-electron chi connectivity index (χ2n) is 6.01. The van der Waals surface area contributed by atoms with Crippen LogP contribution in [0.5, 0.6) is 0 Å².